The molecule has 1 aliphatic heterocycles. The van der Waals surface area contributed by atoms with Gasteiger partial charge in [-0.05, 0) is 76.2 Å². The summed E-state index contributed by atoms with van der Waals surface area (Å²) in [5.74, 6) is -1.15. The molecule has 1 fully saturated rings. The minimum atomic E-state index is -0.887. The van der Waals surface area contributed by atoms with Crippen molar-refractivity contribution in [2.75, 3.05) is 12.0 Å². The molecule has 0 spiro atoms. The molecule has 178 valence electrons. The molecule has 1 saturated heterocycles. The first-order chi connectivity index (χ1) is 16.8. The molecule has 3 aromatic rings. The second-order valence-corrected chi connectivity index (χ2v) is 8.93. The Bertz CT molecular complexity index is 1360. The van der Waals surface area contributed by atoms with Crippen LogP contribution in [0.3, 0.4) is 0 Å². The third-order valence-electron chi connectivity index (χ3n) is 5.05. The maximum atomic E-state index is 13.1. The first kappa shape index (κ1) is 24.7. The van der Waals surface area contributed by atoms with Crippen molar-refractivity contribution >= 4 is 63.8 Å². The molecule has 0 atom stereocenters. The minimum absolute atomic E-state index is 0.159. The standard InChI is InChI=1S/C25H17ClFIN2O5/c1-34-21-12-15(11-19(28)22(21)35-13-14-6-8-16(27)9-7-14)10-17-23(31)29-25(33)30(24(17)32)20-5-3-2-4-18(20)26/h2-12H,13H2,1H3,(H,29,31,33)/b17-10+. The molecule has 1 heterocycles. The van der Waals surface area contributed by atoms with Crippen LogP contribution < -0.4 is 19.7 Å². The van der Waals surface area contributed by atoms with Gasteiger partial charge in [-0.3, -0.25) is 14.9 Å². The lowest BCUT2D eigenvalue weighted by molar-refractivity contribution is -0.122. The lowest BCUT2D eigenvalue weighted by atomic mass is 10.1. The summed E-state index contributed by atoms with van der Waals surface area (Å²) in [7, 11) is 1.46. The van der Waals surface area contributed by atoms with Crippen molar-refractivity contribution < 1.29 is 28.2 Å². The van der Waals surface area contributed by atoms with Gasteiger partial charge >= 0.3 is 6.03 Å². The first-order valence-electron chi connectivity index (χ1n) is 10.2. The number of barbiturate groups is 1. The highest BCUT2D eigenvalue weighted by Crippen LogP contribution is 2.36. The highest BCUT2D eigenvalue weighted by Gasteiger charge is 2.37. The predicted molar refractivity (Wildman–Crippen MR) is 137 cm³/mol. The van der Waals surface area contributed by atoms with Crippen LogP contribution in [-0.2, 0) is 16.2 Å². The fourth-order valence-corrected chi connectivity index (χ4v) is 4.38. The van der Waals surface area contributed by atoms with Gasteiger partial charge in [0.1, 0.15) is 18.0 Å². The molecule has 1 aliphatic rings. The van der Waals surface area contributed by atoms with E-state index in [1.807, 2.05) is 22.6 Å². The molecule has 35 heavy (non-hydrogen) atoms. The fraction of sp³-hybridized carbons (Fsp3) is 0.0800. The number of nitrogens with zero attached hydrogens (tertiary/aromatic N) is 1. The van der Waals surface area contributed by atoms with Gasteiger partial charge in [-0.25, -0.2) is 14.1 Å². The molecule has 7 nitrogen and oxygen atoms in total. The number of carbonyl (C=O) groups is 3. The number of amides is 4. The molecule has 0 saturated carbocycles. The van der Waals surface area contributed by atoms with E-state index in [2.05, 4.69) is 5.32 Å². The van der Waals surface area contributed by atoms with Gasteiger partial charge in [0.15, 0.2) is 11.5 Å². The Labute approximate surface area is 218 Å². The second-order valence-electron chi connectivity index (χ2n) is 7.36. The number of nitrogens with one attached hydrogen (secondary N) is 1. The number of hydrogen-bond acceptors (Lipinski definition) is 5. The molecule has 10 heteroatoms. The van der Waals surface area contributed by atoms with Crippen LogP contribution >= 0.6 is 34.2 Å². The Morgan fingerprint density at radius 3 is 2.49 bits per heavy atom. The number of benzene rings is 3. The summed E-state index contributed by atoms with van der Waals surface area (Å²) < 4.78 is 25.1. The van der Waals surface area contributed by atoms with Gasteiger partial charge in [-0.2, -0.15) is 0 Å². The van der Waals surface area contributed by atoms with Crippen LogP contribution in [0.1, 0.15) is 11.1 Å². The van der Waals surface area contributed by atoms with Crippen molar-refractivity contribution in [1.29, 1.82) is 0 Å². The number of imide groups is 2. The largest absolute Gasteiger partial charge is 0.493 e. The Balaban J connectivity index is 1.64. The molecule has 0 unspecified atom stereocenters. The maximum Gasteiger partial charge on any atom is 0.335 e. The lowest BCUT2D eigenvalue weighted by Crippen LogP contribution is -2.54. The second kappa shape index (κ2) is 10.4. The number of ether oxygens (including phenoxy) is 2. The molecule has 0 bridgehead atoms. The van der Waals surface area contributed by atoms with E-state index in [9.17, 15) is 18.8 Å². The fourth-order valence-electron chi connectivity index (χ4n) is 3.38. The molecule has 1 N–H and O–H groups in total. The zero-order valence-corrected chi connectivity index (χ0v) is 21.1. The average Bonchev–Trinajstić information content (AvgIpc) is 2.83. The third kappa shape index (κ3) is 5.30. The lowest BCUT2D eigenvalue weighted by Gasteiger charge is -2.27. The normalized spacial score (nSPS) is 14.8. The molecule has 4 amide bonds. The van der Waals surface area contributed by atoms with Crippen LogP contribution in [-0.4, -0.2) is 25.0 Å². The van der Waals surface area contributed by atoms with E-state index in [4.69, 9.17) is 21.1 Å². The van der Waals surface area contributed by atoms with Gasteiger partial charge in [-0.1, -0.05) is 35.9 Å². The van der Waals surface area contributed by atoms with Crippen LogP contribution in [0.4, 0.5) is 14.9 Å². The van der Waals surface area contributed by atoms with Crippen LogP contribution in [0.5, 0.6) is 11.5 Å². The van der Waals surface area contributed by atoms with Crippen molar-refractivity contribution in [2.24, 2.45) is 0 Å². The Hall–Kier alpha value is -3.44. The summed E-state index contributed by atoms with van der Waals surface area (Å²) in [4.78, 5) is 38.9. The number of urea groups is 1. The zero-order chi connectivity index (χ0) is 25.1. The highest BCUT2D eigenvalue weighted by molar-refractivity contribution is 14.1. The van der Waals surface area contributed by atoms with E-state index in [0.717, 1.165) is 10.5 Å². The summed E-state index contributed by atoms with van der Waals surface area (Å²) >= 11 is 8.21. The van der Waals surface area contributed by atoms with Gasteiger partial charge in [-0.15, -0.1) is 0 Å². The minimum Gasteiger partial charge on any atom is -0.493 e. The van der Waals surface area contributed by atoms with Crippen molar-refractivity contribution in [1.82, 2.24) is 5.32 Å². The first-order valence-corrected chi connectivity index (χ1v) is 11.6. The quantitative estimate of drug-likeness (QED) is 0.233. The zero-order valence-electron chi connectivity index (χ0n) is 18.2. The summed E-state index contributed by atoms with van der Waals surface area (Å²) in [5, 5.41) is 2.35. The Morgan fingerprint density at radius 1 is 1.09 bits per heavy atom. The third-order valence-corrected chi connectivity index (χ3v) is 6.18. The number of halogens is 3. The van der Waals surface area contributed by atoms with E-state index in [1.165, 1.54) is 37.5 Å². The molecule has 0 radical (unpaired) electrons. The topological polar surface area (TPSA) is 84.9 Å². The number of methoxy groups -OCH3 is 1. The average molecular weight is 607 g/mol. The van der Waals surface area contributed by atoms with Gasteiger partial charge < -0.3 is 9.47 Å². The van der Waals surface area contributed by atoms with E-state index < -0.39 is 17.8 Å². The number of rotatable bonds is 6. The smallest absolute Gasteiger partial charge is 0.335 e. The monoisotopic (exact) mass is 606 g/mol. The predicted octanol–water partition coefficient (Wildman–Crippen LogP) is 5.34. The Morgan fingerprint density at radius 2 is 1.80 bits per heavy atom. The summed E-state index contributed by atoms with van der Waals surface area (Å²) in [6, 6.07) is 14.7. The van der Waals surface area contributed by atoms with E-state index >= 15 is 0 Å². The molecule has 3 aromatic carbocycles. The van der Waals surface area contributed by atoms with E-state index in [-0.39, 0.29) is 28.7 Å². The van der Waals surface area contributed by atoms with Crippen molar-refractivity contribution in [3.05, 3.63) is 91.8 Å². The summed E-state index contributed by atoms with van der Waals surface area (Å²) in [5.41, 5.74) is 1.16. The summed E-state index contributed by atoms with van der Waals surface area (Å²) in [6.07, 6.45) is 1.36. The van der Waals surface area contributed by atoms with E-state index in [1.54, 1.807) is 36.4 Å². The molecule has 4 rings (SSSR count). The number of hydrogen-bond donors (Lipinski definition) is 1. The van der Waals surface area contributed by atoms with Crippen molar-refractivity contribution in [3.8, 4) is 11.5 Å². The molecule has 0 aromatic heterocycles. The number of para-hydroxylation sites is 1. The molecular formula is C25H17ClFIN2O5. The number of carbonyl (C=O) groups excluding carboxylic acids is 3. The van der Waals surface area contributed by atoms with E-state index in [0.29, 0.717) is 20.6 Å². The van der Waals surface area contributed by atoms with Crippen molar-refractivity contribution in [2.45, 2.75) is 6.61 Å². The van der Waals surface area contributed by atoms with Gasteiger partial charge in [0.25, 0.3) is 11.8 Å². The van der Waals surface area contributed by atoms with Gasteiger partial charge in [0.2, 0.25) is 0 Å². The van der Waals surface area contributed by atoms with Crippen molar-refractivity contribution in [3.63, 3.8) is 0 Å². The SMILES string of the molecule is COc1cc(/C=C2\C(=O)NC(=O)N(c3ccccc3Cl)C2=O)cc(I)c1OCc1ccc(F)cc1. The van der Waals surface area contributed by atoms with Crippen LogP contribution in [0.2, 0.25) is 5.02 Å². The molecule has 0 aliphatic carbocycles. The van der Waals surface area contributed by atoms with Crippen LogP contribution in [0.25, 0.3) is 6.08 Å². The van der Waals surface area contributed by atoms with Gasteiger partial charge in [0, 0.05) is 0 Å². The summed E-state index contributed by atoms with van der Waals surface area (Å²) in [6.45, 7) is 0.183. The maximum absolute atomic E-state index is 13.1. The number of anilines is 1. The van der Waals surface area contributed by atoms with Gasteiger partial charge in [0.05, 0.1) is 21.4 Å². The molecular weight excluding hydrogens is 590 g/mol. The van der Waals surface area contributed by atoms with Crippen LogP contribution in [0, 0.1) is 9.39 Å². The highest BCUT2D eigenvalue weighted by atomic mass is 127. The Kier molecular flexibility index (Phi) is 7.37. The van der Waals surface area contributed by atoms with Crippen LogP contribution in [0.15, 0.2) is 66.2 Å².